The highest BCUT2D eigenvalue weighted by Gasteiger charge is 2.26. The van der Waals surface area contributed by atoms with E-state index >= 15 is 0 Å². The van der Waals surface area contributed by atoms with Gasteiger partial charge in [0, 0.05) is 29.1 Å². The predicted octanol–water partition coefficient (Wildman–Crippen LogP) is 4.43. The minimum absolute atomic E-state index is 0.0374. The van der Waals surface area contributed by atoms with E-state index in [0.717, 1.165) is 29.8 Å². The van der Waals surface area contributed by atoms with Crippen molar-refractivity contribution in [3.05, 3.63) is 82.0 Å². The first-order valence-corrected chi connectivity index (χ1v) is 10.5. The molecule has 0 spiro atoms. The zero-order chi connectivity index (χ0) is 21.5. The van der Waals surface area contributed by atoms with Crippen LogP contribution in [0.25, 0.3) is 10.9 Å². The zero-order valence-corrected chi connectivity index (χ0v) is 17.4. The molecule has 0 saturated heterocycles. The van der Waals surface area contributed by atoms with E-state index in [-0.39, 0.29) is 18.3 Å². The van der Waals surface area contributed by atoms with Gasteiger partial charge in [-0.25, -0.2) is 9.07 Å². The van der Waals surface area contributed by atoms with Crippen LogP contribution in [0, 0.1) is 5.82 Å². The van der Waals surface area contributed by atoms with Crippen LogP contribution in [0.3, 0.4) is 0 Å². The van der Waals surface area contributed by atoms with Crippen LogP contribution >= 0.6 is 11.6 Å². The number of rotatable bonds is 5. The Labute approximate surface area is 182 Å². The summed E-state index contributed by atoms with van der Waals surface area (Å²) >= 11 is 5.99. The van der Waals surface area contributed by atoms with E-state index in [1.54, 1.807) is 12.3 Å². The molecule has 0 radical (unpaired) electrons. The fourth-order valence-corrected chi connectivity index (χ4v) is 4.63. The average molecular weight is 439 g/mol. The topological polar surface area (TPSA) is 72.9 Å². The van der Waals surface area contributed by atoms with Gasteiger partial charge in [0.1, 0.15) is 5.82 Å². The molecule has 0 bridgehead atoms. The van der Waals surface area contributed by atoms with Crippen molar-refractivity contribution < 1.29 is 14.3 Å². The zero-order valence-electron chi connectivity index (χ0n) is 16.6. The monoisotopic (exact) mass is 438 g/mol. The first kappa shape index (κ1) is 19.8. The SMILES string of the molecule is O=C(O)Cc1ccc(F)c2c1cc1n2CC(n2nncc2Cc2ccc(Cl)cc2)CC1. The molecule has 6 nitrogen and oxygen atoms in total. The van der Waals surface area contributed by atoms with Crippen molar-refractivity contribution in [3.8, 4) is 0 Å². The van der Waals surface area contributed by atoms with Gasteiger partial charge in [-0.3, -0.25) is 4.79 Å². The van der Waals surface area contributed by atoms with Crippen LogP contribution in [0.2, 0.25) is 5.02 Å². The van der Waals surface area contributed by atoms with E-state index in [0.29, 0.717) is 34.5 Å². The molecule has 1 unspecified atom stereocenters. The molecule has 8 heteroatoms. The van der Waals surface area contributed by atoms with Crippen LogP contribution in [0.5, 0.6) is 0 Å². The number of aliphatic carboxylic acids is 1. The number of aromatic nitrogens is 4. The molecule has 1 atom stereocenters. The average Bonchev–Trinajstić information content (AvgIpc) is 3.36. The number of carboxylic acid groups (broad SMARTS) is 1. The Morgan fingerprint density at radius 1 is 1.23 bits per heavy atom. The Kier molecular flexibility index (Phi) is 4.98. The second-order valence-corrected chi connectivity index (χ2v) is 8.39. The molecule has 0 amide bonds. The molecule has 0 saturated carbocycles. The van der Waals surface area contributed by atoms with Crippen molar-refractivity contribution in [2.45, 2.75) is 38.3 Å². The van der Waals surface area contributed by atoms with Gasteiger partial charge in [0.05, 0.1) is 29.9 Å². The van der Waals surface area contributed by atoms with Gasteiger partial charge in [-0.15, -0.1) is 5.10 Å². The van der Waals surface area contributed by atoms with Gasteiger partial charge >= 0.3 is 5.97 Å². The molecular weight excluding hydrogens is 419 g/mol. The number of halogens is 2. The van der Waals surface area contributed by atoms with E-state index in [4.69, 9.17) is 11.6 Å². The minimum atomic E-state index is -0.926. The van der Waals surface area contributed by atoms with Gasteiger partial charge in [-0.2, -0.15) is 0 Å². The third-order valence-electron chi connectivity index (χ3n) is 5.95. The third-order valence-corrected chi connectivity index (χ3v) is 6.20. The Hall–Kier alpha value is -3.19. The summed E-state index contributed by atoms with van der Waals surface area (Å²) in [6.07, 6.45) is 3.92. The molecule has 4 aromatic rings. The Morgan fingerprint density at radius 2 is 2.03 bits per heavy atom. The summed E-state index contributed by atoms with van der Waals surface area (Å²) < 4.78 is 18.7. The molecule has 5 rings (SSSR count). The van der Waals surface area contributed by atoms with Crippen LogP contribution in [0.1, 0.15) is 35.0 Å². The second kappa shape index (κ2) is 7.81. The molecule has 31 heavy (non-hydrogen) atoms. The van der Waals surface area contributed by atoms with Gasteiger partial charge < -0.3 is 9.67 Å². The van der Waals surface area contributed by atoms with Crippen molar-refractivity contribution in [3.63, 3.8) is 0 Å². The van der Waals surface area contributed by atoms with Crippen molar-refractivity contribution in [2.24, 2.45) is 0 Å². The third kappa shape index (κ3) is 3.70. The Balaban J connectivity index is 1.48. The normalized spacial score (nSPS) is 15.9. The molecule has 1 N–H and O–H groups in total. The molecule has 1 aliphatic heterocycles. The van der Waals surface area contributed by atoms with Crippen molar-refractivity contribution in [1.29, 1.82) is 0 Å². The smallest absolute Gasteiger partial charge is 0.307 e. The number of benzene rings is 2. The summed E-state index contributed by atoms with van der Waals surface area (Å²) in [5.41, 5.74) is 4.21. The molecule has 158 valence electrons. The Bertz CT molecular complexity index is 1280. The molecule has 1 aliphatic rings. The summed E-state index contributed by atoms with van der Waals surface area (Å²) in [6, 6.07) is 12.6. The molecule has 2 aromatic carbocycles. The summed E-state index contributed by atoms with van der Waals surface area (Å²) in [4.78, 5) is 11.2. The van der Waals surface area contributed by atoms with E-state index in [9.17, 15) is 14.3 Å². The van der Waals surface area contributed by atoms with Crippen molar-refractivity contribution in [2.75, 3.05) is 0 Å². The highest BCUT2D eigenvalue weighted by molar-refractivity contribution is 6.30. The first-order valence-electron chi connectivity index (χ1n) is 10.1. The second-order valence-electron chi connectivity index (χ2n) is 7.95. The molecule has 3 heterocycles. The lowest BCUT2D eigenvalue weighted by molar-refractivity contribution is -0.136. The van der Waals surface area contributed by atoms with Crippen LogP contribution in [0.15, 0.2) is 48.7 Å². The van der Waals surface area contributed by atoms with Crippen LogP contribution in [-0.2, 0) is 30.6 Å². The highest BCUT2D eigenvalue weighted by atomic mass is 35.5. The van der Waals surface area contributed by atoms with Gasteiger partial charge in [-0.1, -0.05) is 35.0 Å². The largest absolute Gasteiger partial charge is 0.481 e. The molecule has 2 aromatic heterocycles. The van der Waals surface area contributed by atoms with Crippen LogP contribution < -0.4 is 0 Å². The van der Waals surface area contributed by atoms with E-state index in [2.05, 4.69) is 10.3 Å². The molecule has 0 fully saturated rings. The van der Waals surface area contributed by atoms with E-state index < -0.39 is 5.97 Å². The number of fused-ring (bicyclic) bond motifs is 3. The number of aryl methyl sites for hydroxylation is 1. The number of carbonyl (C=O) groups is 1. The predicted molar refractivity (Wildman–Crippen MR) is 115 cm³/mol. The quantitative estimate of drug-likeness (QED) is 0.500. The van der Waals surface area contributed by atoms with Gasteiger partial charge in [0.2, 0.25) is 0 Å². The molecular formula is C23H20ClFN4O2. The fourth-order valence-electron chi connectivity index (χ4n) is 4.51. The number of hydrogen-bond donors (Lipinski definition) is 1. The maximum atomic E-state index is 14.8. The lowest BCUT2D eigenvalue weighted by atomic mass is 10.0. The highest BCUT2D eigenvalue weighted by Crippen LogP contribution is 2.34. The van der Waals surface area contributed by atoms with Crippen LogP contribution in [0.4, 0.5) is 4.39 Å². The summed E-state index contributed by atoms with van der Waals surface area (Å²) in [5, 5.41) is 19.0. The summed E-state index contributed by atoms with van der Waals surface area (Å²) in [5.74, 6) is -1.26. The first-order chi connectivity index (χ1) is 15.0. The lowest BCUT2D eigenvalue weighted by Gasteiger charge is -2.26. The van der Waals surface area contributed by atoms with Crippen molar-refractivity contribution in [1.82, 2.24) is 19.6 Å². The van der Waals surface area contributed by atoms with Crippen LogP contribution in [-0.4, -0.2) is 30.6 Å². The van der Waals surface area contributed by atoms with Gasteiger partial charge in [-0.05, 0) is 48.2 Å². The van der Waals surface area contributed by atoms with Gasteiger partial charge in [0.25, 0.3) is 0 Å². The summed E-state index contributed by atoms with van der Waals surface area (Å²) in [7, 11) is 0. The number of hydrogen-bond acceptors (Lipinski definition) is 3. The number of carboxylic acids is 1. The number of nitrogens with zero attached hydrogens (tertiary/aromatic N) is 4. The van der Waals surface area contributed by atoms with Gasteiger partial charge in [0.15, 0.2) is 0 Å². The Morgan fingerprint density at radius 3 is 2.81 bits per heavy atom. The summed E-state index contributed by atoms with van der Waals surface area (Å²) in [6.45, 7) is 0.559. The van der Waals surface area contributed by atoms with Crippen molar-refractivity contribution >= 4 is 28.5 Å². The molecule has 0 aliphatic carbocycles. The maximum absolute atomic E-state index is 14.8. The minimum Gasteiger partial charge on any atom is -0.481 e. The van der Waals surface area contributed by atoms with E-state index in [1.165, 1.54) is 6.07 Å². The lowest BCUT2D eigenvalue weighted by Crippen LogP contribution is -2.25. The maximum Gasteiger partial charge on any atom is 0.307 e. The fraction of sp³-hybridized carbons (Fsp3) is 0.261. The van der Waals surface area contributed by atoms with E-state index in [1.807, 2.05) is 39.6 Å². The standard InChI is InChI=1S/C23H20ClFN4O2/c24-16-4-1-14(2-5-16)9-19-12-26-27-29(19)18-7-6-17-11-20-15(10-22(30)31)3-8-21(25)23(20)28(17)13-18/h1-5,8,11-12,18H,6-7,9-10,13H2,(H,30,31).